The number of nitrogens with zero attached hydrogens (tertiary/aromatic N) is 2. The molecule has 6 nitrogen and oxygen atoms in total. The standard InChI is InChI=1S/C18H23N5O/c1-5-13-6-7-14(16(8-13)24-4)10-21-12(3)18-22-11(2)15(9-19)17(20)23-18/h6-9,19,21H,3,5,10H2,1-2,4H3,(H2,20,22,23). The third kappa shape index (κ3) is 3.71. The maximum absolute atomic E-state index is 7.34. The van der Waals surface area contributed by atoms with E-state index < -0.39 is 0 Å². The van der Waals surface area contributed by atoms with E-state index in [9.17, 15) is 0 Å². The average molecular weight is 325 g/mol. The van der Waals surface area contributed by atoms with E-state index in [1.165, 1.54) is 5.56 Å². The predicted octanol–water partition coefficient (Wildman–Crippen LogP) is 2.70. The Balaban J connectivity index is 2.15. The number of ether oxygens (including phenoxy) is 1. The fourth-order valence-corrected chi connectivity index (χ4v) is 2.35. The van der Waals surface area contributed by atoms with Gasteiger partial charge in [0.1, 0.15) is 11.6 Å². The van der Waals surface area contributed by atoms with Crippen LogP contribution in [0, 0.1) is 12.3 Å². The third-order valence-corrected chi connectivity index (χ3v) is 3.83. The van der Waals surface area contributed by atoms with Crippen LogP contribution >= 0.6 is 0 Å². The van der Waals surface area contributed by atoms with E-state index in [2.05, 4.69) is 34.9 Å². The molecule has 0 saturated heterocycles. The molecule has 0 saturated carbocycles. The molecule has 2 aromatic rings. The van der Waals surface area contributed by atoms with Crippen LogP contribution in [0.25, 0.3) is 5.70 Å². The summed E-state index contributed by atoms with van der Waals surface area (Å²) in [5, 5.41) is 10.5. The van der Waals surface area contributed by atoms with Gasteiger partial charge in [-0.25, -0.2) is 9.97 Å². The van der Waals surface area contributed by atoms with Crippen LogP contribution < -0.4 is 15.8 Å². The Kier molecular flexibility index (Phi) is 5.52. The molecule has 1 aromatic carbocycles. The van der Waals surface area contributed by atoms with Crippen LogP contribution in [0.4, 0.5) is 5.82 Å². The van der Waals surface area contributed by atoms with Gasteiger partial charge in [0.2, 0.25) is 0 Å². The van der Waals surface area contributed by atoms with E-state index in [0.717, 1.165) is 23.9 Å². The first-order chi connectivity index (χ1) is 11.5. The van der Waals surface area contributed by atoms with Gasteiger partial charge in [0.15, 0.2) is 5.82 Å². The van der Waals surface area contributed by atoms with Crippen molar-refractivity contribution in [2.75, 3.05) is 12.8 Å². The van der Waals surface area contributed by atoms with Crippen molar-refractivity contribution in [3.8, 4) is 5.75 Å². The van der Waals surface area contributed by atoms with Gasteiger partial charge in [-0.05, 0) is 25.0 Å². The van der Waals surface area contributed by atoms with Gasteiger partial charge in [0.05, 0.1) is 24.1 Å². The topological polar surface area (TPSA) is 96.9 Å². The zero-order chi connectivity index (χ0) is 17.7. The van der Waals surface area contributed by atoms with Crippen molar-refractivity contribution in [3.05, 3.63) is 53.0 Å². The minimum absolute atomic E-state index is 0.278. The van der Waals surface area contributed by atoms with Crippen LogP contribution in [-0.2, 0) is 13.0 Å². The van der Waals surface area contributed by atoms with E-state index in [1.54, 1.807) is 14.0 Å². The maximum atomic E-state index is 7.34. The molecule has 2 rings (SSSR count). The van der Waals surface area contributed by atoms with Crippen LogP contribution in [0.2, 0.25) is 0 Å². The molecule has 0 atom stereocenters. The van der Waals surface area contributed by atoms with Crippen LogP contribution in [0.3, 0.4) is 0 Å². The Labute approximate surface area is 142 Å². The van der Waals surface area contributed by atoms with E-state index in [4.69, 9.17) is 15.9 Å². The number of rotatable bonds is 7. The predicted molar refractivity (Wildman–Crippen MR) is 97.3 cm³/mol. The first-order valence-electron chi connectivity index (χ1n) is 7.73. The number of hydrogen-bond donors (Lipinski definition) is 3. The molecule has 0 amide bonds. The van der Waals surface area contributed by atoms with Crippen LogP contribution in [0.15, 0.2) is 24.8 Å². The van der Waals surface area contributed by atoms with Crippen molar-refractivity contribution in [3.63, 3.8) is 0 Å². The SMILES string of the molecule is C=C(NCc1ccc(CC)cc1OC)c1nc(C)c(C=N)c(N)n1. The smallest absolute Gasteiger partial charge is 0.177 e. The lowest BCUT2D eigenvalue weighted by Crippen LogP contribution is -2.16. The van der Waals surface area contributed by atoms with Crippen molar-refractivity contribution in [2.24, 2.45) is 0 Å². The first-order valence-corrected chi connectivity index (χ1v) is 7.73. The molecule has 0 bridgehead atoms. The second-order valence-corrected chi connectivity index (χ2v) is 5.41. The molecule has 1 heterocycles. The Morgan fingerprint density at radius 2 is 2.17 bits per heavy atom. The summed E-state index contributed by atoms with van der Waals surface area (Å²) in [6.07, 6.45) is 2.12. The highest BCUT2D eigenvalue weighted by atomic mass is 16.5. The number of nitrogen functional groups attached to an aromatic ring is 1. The van der Waals surface area contributed by atoms with Gasteiger partial charge in [-0.3, -0.25) is 0 Å². The summed E-state index contributed by atoms with van der Waals surface area (Å²) in [6, 6.07) is 6.16. The monoisotopic (exact) mass is 325 g/mol. The molecule has 0 unspecified atom stereocenters. The largest absolute Gasteiger partial charge is 0.496 e. The van der Waals surface area contributed by atoms with Crippen molar-refractivity contribution in [2.45, 2.75) is 26.8 Å². The quantitative estimate of drug-likeness (QED) is 0.680. The summed E-state index contributed by atoms with van der Waals surface area (Å²) in [4.78, 5) is 8.56. The lowest BCUT2D eigenvalue weighted by atomic mass is 10.1. The minimum atomic E-state index is 0.278. The Bertz CT molecular complexity index is 747. The molecule has 0 radical (unpaired) electrons. The zero-order valence-electron chi connectivity index (χ0n) is 14.3. The lowest BCUT2D eigenvalue weighted by Gasteiger charge is -2.14. The summed E-state index contributed by atoms with van der Waals surface area (Å²) in [5.41, 5.74) is 9.87. The molecular formula is C18H23N5O. The summed E-state index contributed by atoms with van der Waals surface area (Å²) in [7, 11) is 1.66. The molecule has 6 heteroatoms. The summed E-state index contributed by atoms with van der Waals surface area (Å²) in [6.45, 7) is 8.42. The van der Waals surface area contributed by atoms with E-state index in [1.807, 2.05) is 12.1 Å². The molecule has 0 spiro atoms. The van der Waals surface area contributed by atoms with Gasteiger partial charge in [-0.15, -0.1) is 0 Å². The summed E-state index contributed by atoms with van der Waals surface area (Å²) >= 11 is 0. The van der Waals surface area contributed by atoms with E-state index in [0.29, 0.717) is 29.3 Å². The Morgan fingerprint density at radius 3 is 2.75 bits per heavy atom. The van der Waals surface area contributed by atoms with Gasteiger partial charge in [0, 0.05) is 18.3 Å². The van der Waals surface area contributed by atoms with Crippen LogP contribution in [0.5, 0.6) is 5.75 Å². The normalized spacial score (nSPS) is 10.3. The molecular weight excluding hydrogens is 302 g/mol. The number of anilines is 1. The number of nitrogens with two attached hydrogens (primary N) is 1. The summed E-state index contributed by atoms with van der Waals surface area (Å²) in [5.74, 6) is 1.55. The molecule has 0 aliphatic carbocycles. The molecule has 0 aliphatic rings. The number of nitrogens with one attached hydrogen (secondary N) is 2. The number of methoxy groups -OCH3 is 1. The number of hydrogen-bond acceptors (Lipinski definition) is 6. The summed E-state index contributed by atoms with van der Waals surface area (Å²) < 4.78 is 5.45. The highest BCUT2D eigenvalue weighted by Crippen LogP contribution is 2.21. The number of benzene rings is 1. The molecule has 126 valence electrons. The number of aryl methyl sites for hydroxylation is 2. The second-order valence-electron chi connectivity index (χ2n) is 5.41. The molecule has 24 heavy (non-hydrogen) atoms. The molecule has 0 fully saturated rings. The minimum Gasteiger partial charge on any atom is -0.496 e. The van der Waals surface area contributed by atoms with Gasteiger partial charge in [0.25, 0.3) is 0 Å². The fraction of sp³-hybridized carbons (Fsp3) is 0.278. The van der Waals surface area contributed by atoms with Gasteiger partial charge < -0.3 is 21.2 Å². The second kappa shape index (κ2) is 7.59. The fourth-order valence-electron chi connectivity index (χ4n) is 2.35. The average Bonchev–Trinajstić information content (AvgIpc) is 2.59. The Morgan fingerprint density at radius 1 is 1.42 bits per heavy atom. The van der Waals surface area contributed by atoms with Gasteiger partial charge in [-0.1, -0.05) is 25.6 Å². The number of aromatic nitrogens is 2. The van der Waals surface area contributed by atoms with Gasteiger partial charge >= 0.3 is 0 Å². The maximum Gasteiger partial charge on any atom is 0.177 e. The van der Waals surface area contributed by atoms with Crippen molar-refractivity contribution >= 4 is 17.7 Å². The molecule has 4 N–H and O–H groups in total. The van der Waals surface area contributed by atoms with Crippen molar-refractivity contribution in [1.82, 2.24) is 15.3 Å². The van der Waals surface area contributed by atoms with E-state index >= 15 is 0 Å². The Hall–Kier alpha value is -2.89. The highest BCUT2D eigenvalue weighted by Gasteiger charge is 2.11. The highest BCUT2D eigenvalue weighted by molar-refractivity contribution is 5.85. The first kappa shape index (κ1) is 17.5. The lowest BCUT2D eigenvalue weighted by molar-refractivity contribution is 0.408. The zero-order valence-corrected chi connectivity index (χ0v) is 14.3. The van der Waals surface area contributed by atoms with Crippen molar-refractivity contribution in [1.29, 1.82) is 5.41 Å². The molecule has 0 aliphatic heterocycles. The van der Waals surface area contributed by atoms with Gasteiger partial charge in [-0.2, -0.15) is 0 Å². The third-order valence-electron chi connectivity index (χ3n) is 3.83. The van der Waals surface area contributed by atoms with Crippen molar-refractivity contribution < 1.29 is 4.74 Å². The molecule has 1 aromatic heterocycles. The van der Waals surface area contributed by atoms with Crippen LogP contribution in [-0.4, -0.2) is 23.3 Å². The van der Waals surface area contributed by atoms with E-state index in [-0.39, 0.29) is 5.82 Å². The van der Waals surface area contributed by atoms with Crippen LogP contribution in [0.1, 0.15) is 35.1 Å².